The smallest absolute Gasteiger partial charge is 0.274 e. The number of nitro benzene ring substituents is 1. The topological polar surface area (TPSA) is 101 Å². The number of nitro groups is 1. The van der Waals surface area contributed by atoms with Crippen molar-refractivity contribution in [2.24, 2.45) is 0 Å². The molecule has 2 rings (SSSR count). The number of hydrogen-bond donors (Lipinski definition) is 2. The van der Waals surface area contributed by atoms with Crippen LogP contribution in [0.2, 0.25) is 0 Å². The Morgan fingerprint density at radius 3 is 2.75 bits per heavy atom. The zero-order valence-corrected chi connectivity index (χ0v) is 13.1. The normalized spacial score (nSPS) is 19.2. The third-order valence-electron chi connectivity index (χ3n) is 3.18. The third-order valence-corrected chi connectivity index (χ3v) is 5.50. The molecule has 0 amide bonds. The monoisotopic (exact) mass is 363 g/mol. The highest BCUT2D eigenvalue weighted by Gasteiger charge is 2.26. The van der Waals surface area contributed by atoms with Gasteiger partial charge in [0.1, 0.15) is 0 Å². The molecule has 1 fully saturated rings. The van der Waals surface area contributed by atoms with Crippen molar-refractivity contribution in [2.75, 3.05) is 13.1 Å². The summed E-state index contributed by atoms with van der Waals surface area (Å²) in [5.74, 6) is 0. The lowest BCUT2D eigenvalue weighted by atomic mass is 10.2. The van der Waals surface area contributed by atoms with Crippen LogP contribution in [0.5, 0.6) is 0 Å². The average molecular weight is 364 g/mol. The summed E-state index contributed by atoms with van der Waals surface area (Å²) in [6, 6.07) is 2.29. The molecule has 1 heterocycles. The highest BCUT2D eigenvalue weighted by molar-refractivity contribution is 9.10. The van der Waals surface area contributed by atoms with Crippen LogP contribution in [-0.4, -0.2) is 32.5 Å². The van der Waals surface area contributed by atoms with Crippen molar-refractivity contribution in [1.29, 1.82) is 0 Å². The second kappa shape index (κ2) is 5.76. The van der Waals surface area contributed by atoms with Crippen LogP contribution in [0.25, 0.3) is 0 Å². The summed E-state index contributed by atoms with van der Waals surface area (Å²) in [6.45, 7) is 2.88. The van der Waals surface area contributed by atoms with Crippen molar-refractivity contribution < 1.29 is 13.3 Å². The molecule has 0 radical (unpaired) electrons. The molecule has 0 bridgehead atoms. The van der Waals surface area contributed by atoms with Crippen molar-refractivity contribution in [1.82, 2.24) is 10.0 Å². The Bertz CT molecular complexity index is 641. The van der Waals surface area contributed by atoms with Gasteiger partial charge in [0.05, 0.1) is 9.82 Å². The molecule has 1 saturated heterocycles. The van der Waals surface area contributed by atoms with Crippen LogP contribution < -0.4 is 10.0 Å². The van der Waals surface area contributed by atoms with Gasteiger partial charge in [-0.3, -0.25) is 10.1 Å². The number of nitrogens with zero attached hydrogens (tertiary/aromatic N) is 1. The van der Waals surface area contributed by atoms with Crippen molar-refractivity contribution in [3.8, 4) is 0 Å². The first kappa shape index (κ1) is 15.4. The predicted octanol–water partition coefficient (Wildman–Crippen LogP) is 1.31. The maximum atomic E-state index is 12.2. The molecule has 7 nitrogen and oxygen atoms in total. The Morgan fingerprint density at radius 1 is 1.50 bits per heavy atom. The summed E-state index contributed by atoms with van der Waals surface area (Å²) >= 11 is 3.16. The zero-order valence-electron chi connectivity index (χ0n) is 10.7. The molecule has 2 N–H and O–H groups in total. The molecule has 9 heteroatoms. The summed E-state index contributed by atoms with van der Waals surface area (Å²) in [7, 11) is -3.76. The standard InChI is InChI=1S/C11H14BrN3O4S/c1-7-10(12)4-9(5-11(7)15(16)17)20(18,19)14-8-2-3-13-6-8/h4-5,8,13-14H,2-3,6H2,1H3. The van der Waals surface area contributed by atoms with E-state index in [-0.39, 0.29) is 16.6 Å². The molecule has 0 spiro atoms. The number of benzene rings is 1. The number of halogens is 1. The Kier molecular flexibility index (Phi) is 4.43. The van der Waals surface area contributed by atoms with Gasteiger partial charge in [0, 0.05) is 28.7 Å². The van der Waals surface area contributed by atoms with E-state index < -0.39 is 14.9 Å². The average Bonchev–Trinajstić information content (AvgIpc) is 2.83. The Hall–Kier alpha value is -1.03. The lowest BCUT2D eigenvalue weighted by molar-refractivity contribution is -0.385. The van der Waals surface area contributed by atoms with Crippen LogP contribution in [-0.2, 0) is 10.0 Å². The Labute approximate surface area is 125 Å². The van der Waals surface area contributed by atoms with Gasteiger partial charge in [0.15, 0.2) is 0 Å². The summed E-state index contributed by atoms with van der Waals surface area (Å²) in [5.41, 5.74) is 0.181. The number of rotatable bonds is 4. The van der Waals surface area contributed by atoms with Crippen molar-refractivity contribution in [3.63, 3.8) is 0 Å². The van der Waals surface area contributed by atoms with Gasteiger partial charge >= 0.3 is 0 Å². The quantitative estimate of drug-likeness (QED) is 0.620. The zero-order chi connectivity index (χ0) is 14.9. The van der Waals surface area contributed by atoms with E-state index >= 15 is 0 Å². The molecule has 0 aliphatic carbocycles. The van der Waals surface area contributed by atoms with E-state index in [2.05, 4.69) is 26.0 Å². The van der Waals surface area contributed by atoms with Gasteiger partial charge in [-0.15, -0.1) is 0 Å². The van der Waals surface area contributed by atoms with E-state index in [1.165, 1.54) is 6.07 Å². The predicted molar refractivity (Wildman–Crippen MR) is 77.1 cm³/mol. The second-order valence-corrected chi connectivity index (χ2v) is 7.19. The maximum Gasteiger partial charge on any atom is 0.274 e. The molecule has 1 aromatic carbocycles. The number of hydrogen-bond acceptors (Lipinski definition) is 5. The molecule has 1 aliphatic heterocycles. The third kappa shape index (κ3) is 3.17. The lowest BCUT2D eigenvalue weighted by Crippen LogP contribution is -2.36. The van der Waals surface area contributed by atoms with Gasteiger partial charge in [0.25, 0.3) is 5.69 Å². The molecule has 0 aromatic heterocycles. The van der Waals surface area contributed by atoms with Crippen LogP contribution in [0.3, 0.4) is 0 Å². The highest BCUT2D eigenvalue weighted by Crippen LogP contribution is 2.29. The lowest BCUT2D eigenvalue weighted by Gasteiger charge is -2.12. The van der Waals surface area contributed by atoms with Crippen molar-refractivity contribution in [3.05, 3.63) is 32.3 Å². The maximum absolute atomic E-state index is 12.2. The molecule has 1 unspecified atom stereocenters. The van der Waals surface area contributed by atoms with Crippen LogP contribution in [0, 0.1) is 17.0 Å². The van der Waals surface area contributed by atoms with Crippen molar-refractivity contribution in [2.45, 2.75) is 24.3 Å². The minimum Gasteiger partial charge on any atom is -0.315 e. The molecular weight excluding hydrogens is 350 g/mol. The van der Waals surface area contributed by atoms with E-state index in [1.807, 2.05) is 0 Å². The minimum atomic E-state index is -3.76. The SMILES string of the molecule is Cc1c(Br)cc(S(=O)(=O)NC2CCNC2)cc1[N+](=O)[O-]. The van der Waals surface area contributed by atoms with E-state index in [4.69, 9.17) is 0 Å². The van der Waals surface area contributed by atoms with Gasteiger partial charge in [-0.1, -0.05) is 15.9 Å². The summed E-state index contributed by atoms with van der Waals surface area (Å²) < 4.78 is 27.4. The molecular formula is C11H14BrN3O4S. The fraction of sp³-hybridized carbons (Fsp3) is 0.455. The van der Waals surface area contributed by atoms with E-state index in [1.54, 1.807) is 6.92 Å². The fourth-order valence-corrected chi connectivity index (χ4v) is 3.94. The summed E-state index contributed by atoms with van der Waals surface area (Å²) in [5, 5.41) is 14.0. The Balaban J connectivity index is 2.38. The van der Waals surface area contributed by atoms with Gasteiger partial charge in [-0.2, -0.15) is 0 Å². The fourth-order valence-electron chi connectivity index (χ4n) is 2.03. The van der Waals surface area contributed by atoms with E-state index in [0.29, 0.717) is 23.0 Å². The number of sulfonamides is 1. The largest absolute Gasteiger partial charge is 0.315 e. The first-order valence-electron chi connectivity index (χ1n) is 5.99. The first-order chi connectivity index (χ1) is 9.31. The van der Waals surface area contributed by atoms with Gasteiger partial charge < -0.3 is 5.32 Å². The minimum absolute atomic E-state index is 0.103. The van der Waals surface area contributed by atoms with E-state index in [0.717, 1.165) is 12.6 Å². The second-order valence-electron chi connectivity index (χ2n) is 4.62. The molecule has 1 aliphatic rings. The van der Waals surface area contributed by atoms with Crippen LogP contribution >= 0.6 is 15.9 Å². The first-order valence-corrected chi connectivity index (χ1v) is 8.26. The molecule has 20 heavy (non-hydrogen) atoms. The Morgan fingerprint density at radius 2 is 2.20 bits per heavy atom. The van der Waals surface area contributed by atoms with Gasteiger partial charge in [0.2, 0.25) is 10.0 Å². The molecule has 1 aromatic rings. The highest BCUT2D eigenvalue weighted by atomic mass is 79.9. The van der Waals surface area contributed by atoms with Crippen LogP contribution in [0.4, 0.5) is 5.69 Å². The molecule has 110 valence electrons. The molecule has 0 saturated carbocycles. The van der Waals surface area contributed by atoms with Gasteiger partial charge in [-0.05, 0) is 26.0 Å². The van der Waals surface area contributed by atoms with Crippen molar-refractivity contribution >= 4 is 31.6 Å². The molecule has 1 atom stereocenters. The number of nitrogens with one attached hydrogen (secondary N) is 2. The van der Waals surface area contributed by atoms with Crippen LogP contribution in [0.1, 0.15) is 12.0 Å². The van der Waals surface area contributed by atoms with E-state index in [9.17, 15) is 18.5 Å². The summed E-state index contributed by atoms with van der Waals surface area (Å²) in [4.78, 5) is 10.3. The van der Waals surface area contributed by atoms with Gasteiger partial charge in [-0.25, -0.2) is 13.1 Å². The van der Waals surface area contributed by atoms with Crippen LogP contribution in [0.15, 0.2) is 21.5 Å². The summed E-state index contributed by atoms with van der Waals surface area (Å²) in [6.07, 6.45) is 0.703.